The molecule has 0 spiro atoms. The molecule has 2 heterocycles. The Morgan fingerprint density at radius 2 is 1.68 bits per heavy atom. The maximum absolute atomic E-state index is 5.89. The summed E-state index contributed by atoms with van der Waals surface area (Å²) in [6, 6.07) is 25.7. The number of hydrogen-bond donors (Lipinski definition) is 0. The normalized spacial score (nSPS) is 11.0. The Balaban J connectivity index is 1.32. The van der Waals surface area contributed by atoms with Crippen molar-refractivity contribution in [2.24, 2.45) is 0 Å². The fraction of sp³-hybridized carbons (Fsp3) is 0.0800. The number of halogens is 1. The van der Waals surface area contributed by atoms with Gasteiger partial charge in [-0.25, -0.2) is 4.98 Å². The molecule has 5 rings (SSSR count). The molecular weight excluding hydrogens is 454 g/mol. The zero-order valence-electron chi connectivity index (χ0n) is 16.7. The van der Waals surface area contributed by atoms with Gasteiger partial charge in [-0.1, -0.05) is 42.0 Å². The number of benzene rings is 3. The molecule has 6 heteroatoms. The van der Waals surface area contributed by atoms with Crippen molar-refractivity contribution in [3.8, 4) is 28.8 Å². The van der Waals surface area contributed by atoms with E-state index in [0.717, 1.165) is 32.3 Å². The van der Waals surface area contributed by atoms with Crippen molar-refractivity contribution in [3.05, 3.63) is 94.5 Å². The molecule has 0 unspecified atom stereocenters. The highest BCUT2D eigenvalue weighted by molar-refractivity contribution is 9.10. The minimum absolute atomic E-state index is 0.402. The standard InChI is InChI=1S/C25H18BrN3O2/c1-16-6-12-21-19(14-16)11-13-22(27-21)25-29-28-24(31-25)18-9-7-17(8-10-18)15-30-23-5-3-2-4-20(23)26/h2-14H,15H2,1H3. The fourth-order valence-corrected chi connectivity index (χ4v) is 3.67. The number of pyridine rings is 1. The molecule has 0 amide bonds. The number of rotatable bonds is 5. The first-order chi connectivity index (χ1) is 15.2. The quantitative estimate of drug-likeness (QED) is 0.288. The van der Waals surface area contributed by atoms with Gasteiger partial charge in [0.05, 0.1) is 9.99 Å². The second-order valence-corrected chi connectivity index (χ2v) is 8.08. The van der Waals surface area contributed by atoms with E-state index in [-0.39, 0.29) is 0 Å². The van der Waals surface area contributed by atoms with Crippen LogP contribution in [0.2, 0.25) is 0 Å². The van der Waals surface area contributed by atoms with Gasteiger partial charge in [-0.2, -0.15) is 0 Å². The van der Waals surface area contributed by atoms with Crippen molar-refractivity contribution >= 4 is 26.8 Å². The van der Waals surface area contributed by atoms with E-state index < -0.39 is 0 Å². The van der Waals surface area contributed by atoms with Crippen LogP contribution in [-0.2, 0) is 6.61 Å². The molecule has 5 nitrogen and oxygen atoms in total. The molecule has 31 heavy (non-hydrogen) atoms. The lowest BCUT2D eigenvalue weighted by Crippen LogP contribution is -1.95. The Hall–Kier alpha value is -3.51. The summed E-state index contributed by atoms with van der Waals surface area (Å²) in [6.07, 6.45) is 0. The van der Waals surface area contributed by atoms with Crippen LogP contribution in [0, 0.1) is 6.92 Å². The van der Waals surface area contributed by atoms with Crippen molar-refractivity contribution in [1.82, 2.24) is 15.2 Å². The van der Waals surface area contributed by atoms with Gasteiger partial charge in [-0.15, -0.1) is 10.2 Å². The third-order valence-corrected chi connectivity index (χ3v) is 5.58. The van der Waals surface area contributed by atoms with Crippen LogP contribution >= 0.6 is 15.9 Å². The molecule has 0 fully saturated rings. The Morgan fingerprint density at radius 1 is 0.871 bits per heavy atom. The lowest BCUT2D eigenvalue weighted by atomic mass is 10.1. The molecular formula is C25H18BrN3O2. The third-order valence-electron chi connectivity index (χ3n) is 4.92. The molecule has 0 atom stereocenters. The van der Waals surface area contributed by atoms with Crippen LogP contribution < -0.4 is 4.74 Å². The molecule has 0 N–H and O–H groups in total. The molecule has 0 saturated heterocycles. The average Bonchev–Trinajstić information content (AvgIpc) is 3.29. The fourth-order valence-electron chi connectivity index (χ4n) is 3.27. The summed E-state index contributed by atoms with van der Waals surface area (Å²) in [6.45, 7) is 2.54. The SMILES string of the molecule is Cc1ccc2nc(-c3nnc(-c4ccc(COc5ccccc5Br)cc4)o3)ccc2c1. The van der Waals surface area contributed by atoms with Crippen LogP contribution in [0.4, 0.5) is 0 Å². The Labute approximate surface area is 187 Å². The zero-order chi connectivity index (χ0) is 21.2. The van der Waals surface area contributed by atoms with Crippen LogP contribution in [0.1, 0.15) is 11.1 Å². The first kappa shape index (κ1) is 19.5. The highest BCUT2D eigenvalue weighted by atomic mass is 79.9. The van der Waals surface area contributed by atoms with Crippen molar-refractivity contribution < 1.29 is 9.15 Å². The number of aromatic nitrogens is 3. The molecule has 0 saturated carbocycles. The van der Waals surface area contributed by atoms with E-state index in [4.69, 9.17) is 9.15 Å². The summed E-state index contributed by atoms with van der Waals surface area (Å²) in [4.78, 5) is 4.65. The van der Waals surface area contributed by atoms with E-state index in [1.54, 1.807) is 0 Å². The van der Waals surface area contributed by atoms with Gasteiger partial charge in [0.1, 0.15) is 18.1 Å². The number of hydrogen-bond acceptors (Lipinski definition) is 5. The molecule has 5 aromatic rings. The summed E-state index contributed by atoms with van der Waals surface area (Å²) < 4.78 is 12.7. The maximum atomic E-state index is 5.89. The number of nitrogens with zero attached hydrogens (tertiary/aromatic N) is 3. The molecule has 3 aromatic carbocycles. The Morgan fingerprint density at radius 3 is 2.52 bits per heavy atom. The Kier molecular flexibility index (Phi) is 5.22. The minimum atomic E-state index is 0.402. The van der Waals surface area contributed by atoms with E-state index in [1.165, 1.54) is 5.56 Å². The maximum Gasteiger partial charge on any atom is 0.266 e. The van der Waals surface area contributed by atoms with Crippen molar-refractivity contribution in [2.45, 2.75) is 13.5 Å². The van der Waals surface area contributed by atoms with Gasteiger partial charge in [0.15, 0.2) is 0 Å². The number of ether oxygens (including phenoxy) is 1. The topological polar surface area (TPSA) is 61.0 Å². The van der Waals surface area contributed by atoms with E-state index in [9.17, 15) is 0 Å². The van der Waals surface area contributed by atoms with Crippen LogP contribution in [0.3, 0.4) is 0 Å². The lowest BCUT2D eigenvalue weighted by molar-refractivity contribution is 0.304. The van der Waals surface area contributed by atoms with Crippen molar-refractivity contribution in [1.29, 1.82) is 0 Å². The van der Waals surface area contributed by atoms with E-state index in [2.05, 4.69) is 44.1 Å². The van der Waals surface area contributed by atoms with Gasteiger partial charge in [-0.3, -0.25) is 0 Å². The molecule has 0 aliphatic heterocycles. The summed E-state index contributed by atoms with van der Waals surface area (Å²) >= 11 is 3.49. The summed E-state index contributed by atoms with van der Waals surface area (Å²) in [7, 11) is 0. The van der Waals surface area contributed by atoms with Crippen molar-refractivity contribution in [3.63, 3.8) is 0 Å². The first-order valence-corrected chi connectivity index (χ1v) is 10.6. The molecule has 2 aromatic heterocycles. The highest BCUT2D eigenvalue weighted by Crippen LogP contribution is 2.27. The average molecular weight is 472 g/mol. The monoisotopic (exact) mass is 471 g/mol. The second-order valence-electron chi connectivity index (χ2n) is 7.22. The number of fused-ring (bicyclic) bond motifs is 1. The first-order valence-electron chi connectivity index (χ1n) is 9.84. The van der Waals surface area contributed by atoms with Gasteiger partial charge in [0.2, 0.25) is 5.89 Å². The summed E-state index contributed by atoms with van der Waals surface area (Å²) in [5.74, 6) is 1.67. The largest absolute Gasteiger partial charge is 0.488 e. The lowest BCUT2D eigenvalue weighted by Gasteiger charge is -2.08. The smallest absolute Gasteiger partial charge is 0.266 e. The minimum Gasteiger partial charge on any atom is -0.488 e. The van der Waals surface area contributed by atoms with Crippen molar-refractivity contribution in [2.75, 3.05) is 0 Å². The van der Waals surface area contributed by atoms with Gasteiger partial charge in [0, 0.05) is 10.9 Å². The summed E-state index contributed by atoms with van der Waals surface area (Å²) in [5.41, 5.74) is 4.66. The summed E-state index contributed by atoms with van der Waals surface area (Å²) in [5, 5.41) is 9.47. The van der Waals surface area contributed by atoms with Crippen LogP contribution in [0.5, 0.6) is 5.75 Å². The van der Waals surface area contributed by atoms with E-state index in [1.807, 2.05) is 72.8 Å². The van der Waals surface area contributed by atoms with E-state index in [0.29, 0.717) is 24.1 Å². The number of para-hydroxylation sites is 1. The van der Waals surface area contributed by atoms with Crippen LogP contribution in [0.15, 0.2) is 87.8 Å². The molecule has 0 bridgehead atoms. The molecule has 0 aliphatic rings. The van der Waals surface area contributed by atoms with Gasteiger partial charge < -0.3 is 9.15 Å². The predicted molar refractivity (Wildman–Crippen MR) is 124 cm³/mol. The van der Waals surface area contributed by atoms with E-state index >= 15 is 0 Å². The molecule has 152 valence electrons. The Bertz CT molecular complexity index is 1360. The van der Waals surface area contributed by atoms with Crippen LogP contribution in [0.25, 0.3) is 33.9 Å². The van der Waals surface area contributed by atoms with Gasteiger partial charge >= 0.3 is 0 Å². The second kappa shape index (κ2) is 8.32. The predicted octanol–water partition coefficient (Wildman–Crippen LogP) is 6.60. The van der Waals surface area contributed by atoms with Gasteiger partial charge in [0.25, 0.3) is 5.89 Å². The third kappa shape index (κ3) is 4.20. The molecule has 0 aliphatic carbocycles. The zero-order valence-corrected chi connectivity index (χ0v) is 18.3. The highest BCUT2D eigenvalue weighted by Gasteiger charge is 2.12. The van der Waals surface area contributed by atoms with Crippen LogP contribution in [-0.4, -0.2) is 15.2 Å². The van der Waals surface area contributed by atoms with Gasteiger partial charge in [-0.05, 0) is 70.9 Å². The molecule has 0 radical (unpaired) electrons. The number of aryl methyl sites for hydroxylation is 1.